The van der Waals surface area contributed by atoms with Gasteiger partial charge in [0.15, 0.2) is 0 Å². The highest BCUT2D eigenvalue weighted by atomic mass is 16.5. The van der Waals surface area contributed by atoms with Gasteiger partial charge in [-0.25, -0.2) is 4.68 Å². The molecule has 0 radical (unpaired) electrons. The molecule has 0 aliphatic rings. The van der Waals surface area contributed by atoms with Crippen molar-refractivity contribution >= 4 is 11.5 Å². The van der Waals surface area contributed by atoms with Crippen molar-refractivity contribution < 1.29 is 4.74 Å². The summed E-state index contributed by atoms with van der Waals surface area (Å²) in [6, 6.07) is 14.9. The quantitative estimate of drug-likeness (QED) is 0.617. The van der Waals surface area contributed by atoms with Crippen molar-refractivity contribution in [3.63, 3.8) is 0 Å². The van der Waals surface area contributed by atoms with Crippen molar-refractivity contribution in [1.29, 1.82) is 10.5 Å². The van der Waals surface area contributed by atoms with E-state index in [1.54, 1.807) is 24.3 Å². The van der Waals surface area contributed by atoms with Gasteiger partial charge in [-0.1, -0.05) is 12.1 Å². The Morgan fingerprint density at radius 2 is 1.81 bits per heavy atom. The maximum absolute atomic E-state index is 12.7. The number of nitriles is 2. The van der Waals surface area contributed by atoms with Crippen LogP contribution in [0, 0.1) is 36.5 Å². The summed E-state index contributed by atoms with van der Waals surface area (Å²) in [4.78, 5) is 16.9. The van der Waals surface area contributed by atoms with E-state index in [0.717, 1.165) is 16.7 Å². The smallest absolute Gasteiger partial charge is 0.341 e. The molecule has 31 heavy (non-hydrogen) atoms. The molecule has 0 aliphatic heterocycles. The van der Waals surface area contributed by atoms with Crippen LogP contribution in [0.4, 0.5) is 11.5 Å². The van der Waals surface area contributed by atoms with Gasteiger partial charge < -0.3 is 10.1 Å². The maximum atomic E-state index is 12.7. The van der Waals surface area contributed by atoms with Gasteiger partial charge in [0, 0.05) is 18.7 Å². The Morgan fingerprint density at radius 3 is 2.39 bits per heavy atom. The molecule has 0 amide bonds. The number of aromatic nitrogens is 3. The molecule has 156 valence electrons. The first kappa shape index (κ1) is 21.5. The lowest BCUT2D eigenvalue weighted by atomic mass is 10.0. The summed E-state index contributed by atoms with van der Waals surface area (Å²) in [7, 11) is 0. The van der Waals surface area contributed by atoms with E-state index in [1.165, 1.54) is 4.68 Å². The molecule has 0 aliphatic carbocycles. The highest BCUT2D eigenvalue weighted by Crippen LogP contribution is 2.29. The molecule has 1 aromatic heterocycles. The minimum absolute atomic E-state index is 0.0496. The van der Waals surface area contributed by atoms with Gasteiger partial charge in [0.2, 0.25) is 5.82 Å². The van der Waals surface area contributed by atoms with Crippen LogP contribution in [0.3, 0.4) is 0 Å². The summed E-state index contributed by atoms with van der Waals surface area (Å²) in [6.07, 6.45) is 1.13. The summed E-state index contributed by atoms with van der Waals surface area (Å²) in [5, 5.41) is 24.9. The Labute approximate surface area is 180 Å². The predicted octanol–water partition coefficient (Wildman–Crippen LogP) is 4.14. The molecular formula is C23H22N6O2. The second kappa shape index (κ2) is 9.55. The van der Waals surface area contributed by atoms with E-state index in [4.69, 9.17) is 15.3 Å². The highest BCUT2D eigenvalue weighted by Gasteiger charge is 2.14. The van der Waals surface area contributed by atoms with Crippen molar-refractivity contribution in [3.8, 4) is 23.9 Å². The third-order valence-corrected chi connectivity index (χ3v) is 4.67. The number of nitrogens with one attached hydrogen (secondary N) is 1. The Morgan fingerprint density at radius 1 is 1.13 bits per heavy atom. The predicted molar refractivity (Wildman–Crippen MR) is 116 cm³/mol. The second-order valence-electron chi connectivity index (χ2n) is 7.00. The molecule has 8 heteroatoms. The van der Waals surface area contributed by atoms with Gasteiger partial charge in [0.1, 0.15) is 5.75 Å². The maximum Gasteiger partial charge on any atom is 0.341 e. The molecule has 0 bridgehead atoms. The summed E-state index contributed by atoms with van der Waals surface area (Å²) in [5.74, 6) is 0.698. The van der Waals surface area contributed by atoms with Gasteiger partial charge in [0.05, 0.1) is 17.7 Å². The highest BCUT2D eigenvalue weighted by molar-refractivity contribution is 5.57. The number of ether oxygens (including phenoxy) is 1. The number of anilines is 2. The molecule has 0 saturated carbocycles. The zero-order valence-corrected chi connectivity index (χ0v) is 17.6. The van der Waals surface area contributed by atoms with Crippen molar-refractivity contribution in [2.75, 3.05) is 5.32 Å². The van der Waals surface area contributed by atoms with Crippen LogP contribution in [0.1, 0.15) is 35.6 Å². The number of aryl methyl sites for hydroxylation is 4. The molecule has 2 aromatic carbocycles. The van der Waals surface area contributed by atoms with Crippen LogP contribution < -0.4 is 15.6 Å². The van der Waals surface area contributed by atoms with Gasteiger partial charge in [-0.3, -0.25) is 4.79 Å². The number of hydrogen-bond acceptors (Lipinski definition) is 7. The van der Waals surface area contributed by atoms with E-state index >= 15 is 0 Å². The van der Waals surface area contributed by atoms with E-state index < -0.39 is 0 Å². The zero-order valence-electron chi connectivity index (χ0n) is 17.6. The van der Waals surface area contributed by atoms with E-state index in [1.807, 2.05) is 32.9 Å². The molecule has 0 saturated heterocycles. The average Bonchev–Trinajstić information content (AvgIpc) is 2.77. The van der Waals surface area contributed by atoms with Gasteiger partial charge >= 0.3 is 11.6 Å². The lowest BCUT2D eigenvalue weighted by molar-refractivity contribution is 0.406. The normalized spacial score (nSPS) is 10.2. The zero-order chi connectivity index (χ0) is 22.4. The summed E-state index contributed by atoms with van der Waals surface area (Å²) < 4.78 is 7.26. The molecular weight excluding hydrogens is 392 g/mol. The Bertz CT molecular complexity index is 1210. The SMILES string of the molecule is CCn1nc(Oc2c(C)cc(CCC#N)cc2C)nc(Nc2ccc(C#N)cc2)c1=O. The van der Waals surface area contributed by atoms with Crippen LogP contribution in [0.5, 0.6) is 11.8 Å². The van der Waals surface area contributed by atoms with Crippen molar-refractivity contribution in [3.05, 3.63) is 69.0 Å². The van der Waals surface area contributed by atoms with Gasteiger partial charge in [0.25, 0.3) is 0 Å². The van der Waals surface area contributed by atoms with Crippen LogP contribution in [0.2, 0.25) is 0 Å². The molecule has 0 fully saturated rings. The van der Waals surface area contributed by atoms with Crippen LogP contribution in [-0.4, -0.2) is 14.8 Å². The topological polar surface area (TPSA) is 117 Å². The number of benzene rings is 2. The van der Waals surface area contributed by atoms with Crippen molar-refractivity contribution in [2.24, 2.45) is 0 Å². The van der Waals surface area contributed by atoms with Crippen LogP contribution >= 0.6 is 0 Å². The van der Waals surface area contributed by atoms with Gasteiger partial charge in [-0.2, -0.15) is 15.5 Å². The molecule has 3 rings (SSSR count). The summed E-state index contributed by atoms with van der Waals surface area (Å²) >= 11 is 0. The molecule has 8 nitrogen and oxygen atoms in total. The minimum atomic E-state index is -0.375. The van der Waals surface area contributed by atoms with Crippen LogP contribution in [0.25, 0.3) is 0 Å². The lowest BCUT2D eigenvalue weighted by Crippen LogP contribution is -2.26. The number of nitrogens with zero attached hydrogens (tertiary/aromatic N) is 5. The van der Waals surface area contributed by atoms with Crippen molar-refractivity contribution in [2.45, 2.75) is 40.2 Å². The van der Waals surface area contributed by atoms with E-state index in [9.17, 15) is 4.79 Å². The largest absolute Gasteiger partial charge is 0.423 e. The van der Waals surface area contributed by atoms with E-state index in [-0.39, 0.29) is 17.4 Å². The third kappa shape index (κ3) is 5.06. The van der Waals surface area contributed by atoms with Gasteiger partial charge in [-0.15, -0.1) is 5.10 Å². The minimum Gasteiger partial charge on any atom is -0.423 e. The monoisotopic (exact) mass is 414 g/mol. The van der Waals surface area contributed by atoms with Crippen LogP contribution in [0.15, 0.2) is 41.2 Å². The molecule has 0 spiro atoms. The molecule has 1 heterocycles. The molecule has 3 aromatic rings. The standard InChI is InChI=1S/C23H22N6O2/c1-4-29-22(30)21(26-19-9-7-17(14-25)8-10-19)27-23(28-29)31-20-15(2)12-18(6-5-11-24)13-16(20)3/h7-10,12-13H,4-6H2,1-3H3,(H,26,27,28). The Balaban J connectivity index is 1.93. The Hall–Kier alpha value is -4.17. The lowest BCUT2D eigenvalue weighted by Gasteiger charge is -2.14. The second-order valence-corrected chi connectivity index (χ2v) is 7.00. The summed E-state index contributed by atoms with van der Waals surface area (Å²) in [5.41, 5.74) is 3.62. The first-order chi connectivity index (χ1) is 14.9. The van der Waals surface area contributed by atoms with E-state index in [0.29, 0.717) is 36.4 Å². The summed E-state index contributed by atoms with van der Waals surface area (Å²) in [6.45, 7) is 6.00. The first-order valence-corrected chi connectivity index (χ1v) is 9.86. The molecule has 0 atom stereocenters. The fraction of sp³-hybridized carbons (Fsp3) is 0.261. The molecule has 1 N–H and O–H groups in total. The fourth-order valence-corrected chi connectivity index (χ4v) is 3.18. The van der Waals surface area contributed by atoms with E-state index in [2.05, 4.69) is 27.5 Å². The third-order valence-electron chi connectivity index (χ3n) is 4.67. The fourth-order valence-electron chi connectivity index (χ4n) is 3.18. The average molecular weight is 414 g/mol. The number of hydrogen-bond donors (Lipinski definition) is 1. The molecule has 0 unspecified atom stereocenters. The van der Waals surface area contributed by atoms with Crippen molar-refractivity contribution in [1.82, 2.24) is 14.8 Å². The first-order valence-electron chi connectivity index (χ1n) is 9.86. The van der Waals surface area contributed by atoms with Gasteiger partial charge in [-0.05, 0) is 68.1 Å². The van der Waals surface area contributed by atoms with Crippen LogP contribution in [-0.2, 0) is 13.0 Å². The Kier molecular flexibility index (Phi) is 6.64. The number of rotatable bonds is 7.